The summed E-state index contributed by atoms with van der Waals surface area (Å²) in [6.07, 6.45) is 1.69. The summed E-state index contributed by atoms with van der Waals surface area (Å²) in [4.78, 5) is 54.1. The number of anilines is 2. The summed E-state index contributed by atoms with van der Waals surface area (Å²) in [5.74, 6) is -1.09. The van der Waals surface area contributed by atoms with Gasteiger partial charge in [-0.05, 0) is 117 Å². The molecule has 276 valence electrons. The lowest BCUT2D eigenvalue weighted by atomic mass is 9.94. The molecule has 0 saturated heterocycles. The van der Waals surface area contributed by atoms with E-state index in [0.717, 1.165) is 22.1 Å². The van der Waals surface area contributed by atoms with Crippen LogP contribution in [0.3, 0.4) is 0 Å². The Morgan fingerprint density at radius 2 is 1.67 bits per heavy atom. The van der Waals surface area contributed by atoms with Crippen LogP contribution in [0.5, 0.6) is 0 Å². The molecule has 2 amide bonds. The predicted molar refractivity (Wildman–Crippen MR) is 198 cm³/mol. The fourth-order valence-electron chi connectivity index (χ4n) is 5.99. The second-order valence-electron chi connectivity index (χ2n) is 14.1. The number of rotatable bonds is 12. The first-order chi connectivity index (χ1) is 24.4. The van der Waals surface area contributed by atoms with E-state index in [9.17, 15) is 32.7 Å². The molecule has 1 heterocycles. The van der Waals surface area contributed by atoms with Gasteiger partial charge in [0.05, 0.1) is 23.3 Å². The number of pyridine rings is 1. The number of carbonyl (C=O) groups is 3. The lowest BCUT2D eigenvalue weighted by Gasteiger charge is -2.25. The highest BCUT2D eigenvalue weighted by atomic mass is 32.2. The summed E-state index contributed by atoms with van der Waals surface area (Å²) in [5, 5.41) is 16.5. The van der Waals surface area contributed by atoms with Crippen LogP contribution < -0.4 is 16.2 Å². The zero-order chi connectivity index (χ0) is 38.0. The first-order valence-electron chi connectivity index (χ1n) is 16.9. The Hall–Kier alpha value is -5.37. The lowest BCUT2D eigenvalue weighted by Crippen LogP contribution is -2.34. The Bertz CT molecular complexity index is 2160. The molecule has 1 atom stereocenters. The van der Waals surface area contributed by atoms with Crippen LogP contribution in [-0.4, -0.2) is 66.1 Å². The predicted octanol–water partition coefficient (Wildman–Crippen LogP) is 6.48. The Balaban J connectivity index is 1.24. The number of carbonyl (C=O) groups excluding carboxylic acids is 2. The molecule has 4 aromatic rings. The number of carboxylic acids is 1. The maximum absolute atomic E-state index is 13.2. The molecule has 1 aromatic heterocycles. The molecule has 14 heteroatoms. The summed E-state index contributed by atoms with van der Waals surface area (Å²) in [7, 11) is -2.10. The first-order valence-corrected chi connectivity index (χ1v) is 18.4. The molecule has 3 aromatic carbocycles. The van der Waals surface area contributed by atoms with E-state index in [0.29, 0.717) is 47.2 Å². The number of hydrogen-bond acceptors (Lipinski definition) is 9. The van der Waals surface area contributed by atoms with Crippen LogP contribution in [0.1, 0.15) is 67.5 Å². The minimum absolute atomic E-state index is 0.0154. The van der Waals surface area contributed by atoms with Gasteiger partial charge in [0.2, 0.25) is 0 Å². The van der Waals surface area contributed by atoms with Crippen LogP contribution in [0.2, 0.25) is 0 Å². The number of aliphatic carboxylic acids is 1. The minimum atomic E-state index is -3.61. The number of fused-ring (bicyclic) bond motifs is 1. The smallest absolute Gasteiger partial charge is 0.411 e. The quantitative estimate of drug-likeness (QED) is 0.126. The Morgan fingerprint density at radius 3 is 2.31 bits per heavy atom. The molecule has 13 nitrogen and oxygen atoms in total. The molecule has 0 aliphatic heterocycles. The van der Waals surface area contributed by atoms with E-state index in [1.807, 2.05) is 13.8 Å². The first kappa shape index (κ1) is 37.9. The van der Waals surface area contributed by atoms with Crippen LogP contribution in [0.25, 0.3) is 10.8 Å². The van der Waals surface area contributed by atoms with Crippen molar-refractivity contribution in [3.63, 3.8) is 0 Å². The molecule has 5 rings (SSSR count). The minimum Gasteiger partial charge on any atom is -0.479 e. The molecule has 1 saturated carbocycles. The molecule has 0 spiro atoms. The van der Waals surface area contributed by atoms with Crippen molar-refractivity contribution in [2.45, 2.75) is 82.2 Å². The van der Waals surface area contributed by atoms with Crippen LogP contribution in [0.15, 0.2) is 70.5 Å². The van der Waals surface area contributed by atoms with Gasteiger partial charge in [-0.1, -0.05) is 18.2 Å². The van der Waals surface area contributed by atoms with E-state index < -0.39 is 44.9 Å². The van der Waals surface area contributed by atoms with E-state index in [2.05, 4.69) is 15.6 Å². The third-order valence-electron chi connectivity index (χ3n) is 8.66. The van der Waals surface area contributed by atoms with Gasteiger partial charge in [-0.2, -0.15) is 0 Å². The second kappa shape index (κ2) is 15.1. The molecule has 0 bridgehead atoms. The van der Waals surface area contributed by atoms with Gasteiger partial charge in [-0.25, -0.2) is 22.8 Å². The number of H-pyrrole nitrogens is 1. The summed E-state index contributed by atoms with van der Waals surface area (Å²) >= 11 is 0. The zero-order valence-corrected chi connectivity index (χ0v) is 30.8. The van der Waals surface area contributed by atoms with E-state index in [-0.39, 0.29) is 23.6 Å². The normalized spacial score (nSPS) is 13.7. The van der Waals surface area contributed by atoms with Crippen molar-refractivity contribution in [3.05, 3.63) is 99.0 Å². The zero-order valence-electron chi connectivity index (χ0n) is 30.0. The number of carboxylic acid groups (broad SMARTS) is 1. The van der Waals surface area contributed by atoms with Gasteiger partial charge < -0.3 is 29.8 Å². The summed E-state index contributed by atoms with van der Waals surface area (Å²) < 4.78 is 37.3. The third kappa shape index (κ3) is 9.10. The van der Waals surface area contributed by atoms with Gasteiger partial charge in [-0.15, -0.1) is 0 Å². The third-order valence-corrected chi connectivity index (χ3v) is 11.0. The number of benzene rings is 3. The average Bonchev–Trinajstić information content (AvgIpc) is 3.91. The summed E-state index contributed by atoms with van der Waals surface area (Å²) in [5.41, 5.74) is 3.15. The standard InChI is InChI=1S/C38H44N4O9S/c1-22-17-25(33(35(44)45)40-28-8-7-24-13-15-39-34(43)31(24)20-28)18-23(2)30(22)14-16-50-36(46)41-27-9-12-32(52(48,49)29-10-11-29)26(19-27)21-42(6)37(47)51-38(3,4)5/h7-9,12-13,15,17-20,29,33,40H,10-11,14,16,21H2,1-6H3,(H,39,43)(H,41,46)(H,44,45). The maximum Gasteiger partial charge on any atom is 0.411 e. The SMILES string of the molecule is Cc1cc(C(Nc2ccc3cc[nH]c(=O)c3c2)C(=O)O)cc(C)c1CCOC(=O)Nc1ccc(S(=O)(=O)C2CC2)c(CN(C)C(=O)OC(C)(C)C)c1. The van der Waals surface area contributed by atoms with Crippen molar-refractivity contribution >= 4 is 50.1 Å². The number of nitrogens with zero attached hydrogens (tertiary/aromatic N) is 1. The van der Waals surface area contributed by atoms with Crippen molar-refractivity contribution < 1.29 is 37.4 Å². The topological polar surface area (TPSA) is 184 Å². The molecule has 1 aliphatic rings. The molecule has 0 radical (unpaired) electrons. The van der Waals surface area contributed by atoms with Crippen molar-refractivity contribution in [2.24, 2.45) is 0 Å². The number of aromatic nitrogens is 1. The average molecular weight is 733 g/mol. The number of ether oxygens (including phenoxy) is 2. The molecule has 1 fully saturated rings. The van der Waals surface area contributed by atoms with Crippen molar-refractivity contribution in [1.82, 2.24) is 9.88 Å². The van der Waals surface area contributed by atoms with Crippen LogP contribution in [-0.2, 0) is 37.1 Å². The van der Waals surface area contributed by atoms with E-state index in [1.165, 1.54) is 30.1 Å². The van der Waals surface area contributed by atoms with Crippen molar-refractivity contribution in [2.75, 3.05) is 24.3 Å². The number of nitrogens with one attached hydrogen (secondary N) is 3. The second-order valence-corrected chi connectivity index (χ2v) is 16.3. The van der Waals surface area contributed by atoms with E-state index in [4.69, 9.17) is 9.47 Å². The highest BCUT2D eigenvalue weighted by Gasteiger charge is 2.38. The number of aryl methyl sites for hydroxylation is 2. The summed E-state index contributed by atoms with van der Waals surface area (Å²) in [6.45, 7) is 8.88. The number of hydrogen-bond donors (Lipinski definition) is 4. The Kier molecular flexibility index (Phi) is 11.0. The Labute approximate surface area is 302 Å². The Morgan fingerprint density at radius 1 is 1.00 bits per heavy atom. The van der Waals surface area contributed by atoms with Crippen LogP contribution in [0, 0.1) is 13.8 Å². The molecular weight excluding hydrogens is 689 g/mol. The fraction of sp³-hybridized carbons (Fsp3) is 0.368. The molecule has 1 aliphatic carbocycles. The monoisotopic (exact) mass is 732 g/mol. The largest absolute Gasteiger partial charge is 0.479 e. The van der Waals surface area contributed by atoms with Crippen LogP contribution in [0.4, 0.5) is 21.0 Å². The van der Waals surface area contributed by atoms with Gasteiger partial charge >= 0.3 is 18.2 Å². The summed E-state index contributed by atoms with van der Waals surface area (Å²) in [6, 6.07) is 13.8. The lowest BCUT2D eigenvalue weighted by molar-refractivity contribution is -0.138. The van der Waals surface area contributed by atoms with Gasteiger partial charge in [0.15, 0.2) is 15.9 Å². The molecular formula is C38H44N4O9S. The molecule has 1 unspecified atom stereocenters. The van der Waals surface area contributed by atoms with E-state index >= 15 is 0 Å². The molecule has 52 heavy (non-hydrogen) atoms. The maximum atomic E-state index is 13.2. The highest BCUT2D eigenvalue weighted by Crippen LogP contribution is 2.36. The highest BCUT2D eigenvalue weighted by molar-refractivity contribution is 7.92. The number of sulfone groups is 1. The van der Waals surface area contributed by atoms with E-state index in [1.54, 1.807) is 63.4 Å². The van der Waals surface area contributed by atoms with Gasteiger partial charge in [0.1, 0.15) is 5.60 Å². The van der Waals surface area contributed by atoms with Gasteiger partial charge in [-0.3, -0.25) is 10.1 Å². The van der Waals surface area contributed by atoms with Crippen LogP contribution >= 0.6 is 0 Å². The number of aromatic amines is 1. The van der Waals surface area contributed by atoms with Gasteiger partial charge in [0, 0.05) is 36.4 Å². The van der Waals surface area contributed by atoms with Gasteiger partial charge in [0.25, 0.3) is 5.56 Å². The van der Waals surface area contributed by atoms with Crippen molar-refractivity contribution in [3.8, 4) is 0 Å². The van der Waals surface area contributed by atoms with Crippen molar-refractivity contribution in [1.29, 1.82) is 0 Å². The molecule has 4 N–H and O–H groups in total. The number of amides is 2. The fourth-order valence-corrected chi connectivity index (χ4v) is 7.85.